The molecule has 0 spiro atoms. The number of halogens is 3. The summed E-state index contributed by atoms with van der Waals surface area (Å²) in [7, 11) is 0. The zero-order valence-corrected chi connectivity index (χ0v) is 12.7. The van der Waals surface area contributed by atoms with Crippen molar-refractivity contribution in [3.05, 3.63) is 62.6 Å². The first-order valence-corrected chi connectivity index (χ1v) is 7.34. The molecular formula is C15H12Cl3NO. The summed E-state index contributed by atoms with van der Waals surface area (Å²) in [6.07, 6.45) is 0.429. The van der Waals surface area contributed by atoms with Crippen LogP contribution in [-0.4, -0.2) is 0 Å². The van der Waals surface area contributed by atoms with Gasteiger partial charge in [-0.15, -0.1) is 0 Å². The minimum absolute atomic E-state index is 0.141. The van der Waals surface area contributed by atoms with Crippen molar-refractivity contribution in [3.8, 4) is 5.75 Å². The monoisotopic (exact) mass is 327 g/mol. The third-order valence-electron chi connectivity index (χ3n) is 3.41. The van der Waals surface area contributed by atoms with Crippen LogP contribution < -0.4 is 10.5 Å². The van der Waals surface area contributed by atoms with Crippen molar-refractivity contribution >= 4 is 34.8 Å². The Morgan fingerprint density at radius 2 is 1.60 bits per heavy atom. The molecule has 0 bridgehead atoms. The summed E-state index contributed by atoms with van der Waals surface area (Å²) in [6, 6.07) is 10.7. The van der Waals surface area contributed by atoms with Crippen LogP contribution in [0, 0.1) is 0 Å². The van der Waals surface area contributed by atoms with Crippen LogP contribution in [0.5, 0.6) is 5.75 Å². The maximum Gasteiger partial charge on any atom is 0.127 e. The summed E-state index contributed by atoms with van der Waals surface area (Å²) in [6.45, 7) is 0. The SMILES string of the molecule is N[C@H]1CC(c2cc(Cl)ccc2Cl)Oc2ccc(Cl)cc21. The predicted molar refractivity (Wildman–Crippen MR) is 82.8 cm³/mol. The van der Waals surface area contributed by atoms with Crippen molar-refractivity contribution in [1.29, 1.82) is 0 Å². The van der Waals surface area contributed by atoms with Crippen molar-refractivity contribution in [2.24, 2.45) is 5.73 Å². The topological polar surface area (TPSA) is 35.2 Å². The molecule has 0 fully saturated rings. The fourth-order valence-electron chi connectivity index (χ4n) is 2.43. The molecule has 2 aromatic carbocycles. The first-order chi connectivity index (χ1) is 9.54. The third-order valence-corrected chi connectivity index (χ3v) is 4.23. The lowest BCUT2D eigenvalue weighted by atomic mass is 9.93. The van der Waals surface area contributed by atoms with Gasteiger partial charge >= 0.3 is 0 Å². The van der Waals surface area contributed by atoms with E-state index in [-0.39, 0.29) is 12.1 Å². The molecule has 1 aliphatic rings. The van der Waals surface area contributed by atoms with Gasteiger partial charge in [0.15, 0.2) is 0 Å². The van der Waals surface area contributed by atoms with E-state index < -0.39 is 0 Å². The fraction of sp³-hybridized carbons (Fsp3) is 0.200. The molecule has 0 aromatic heterocycles. The molecule has 0 aliphatic carbocycles. The largest absolute Gasteiger partial charge is 0.485 e. The Balaban J connectivity index is 1.99. The van der Waals surface area contributed by atoms with Crippen LogP contribution in [-0.2, 0) is 0 Å². The number of rotatable bonds is 1. The summed E-state index contributed by atoms with van der Waals surface area (Å²) < 4.78 is 6.00. The molecule has 1 aliphatic heterocycles. The Morgan fingerprint density at radius 3 is 2.35 bits per heavy atom. The molecule has 3 rings (SSSR count). The van der Waals surface area contributed by atoms with E-state index in [4.69, 9.17) is 45.3 Å². The van der Waals surface area contributed by atoms with Gasteiger partial charge in [-0.3, -0.25) is 0 Å². The van der Waals surface area contributed by atoms with Crippen molar-refractivity contribution in [3.63, 3.8) is 0 Å². The molecule has 2 atom stereocenters. The van der Waals surface area contributed by atoms with Crippen molar-refractivity contribution in [1.82, 2.24) is 0 Å². The normalized spacial score (nSPS) is 21.2. The molecule has 0 radical (unpaired) electrons. The molecule has 1 unspecified atom stereocenters. The quantitative estimate of drug-likeness (QED) is 0.783. The molecule has 0 amide bonds. The van der Waals surface area contributed by atoms with Gasteiger partial charge in [-0.2, -0.15) is 0 Å². The van der Waals surface area contributed by atoms with E-state index in [0.717, 1.165) is 16.9 Å². The highest BCUT2D eigenvalue weighted by Gasteiger charge is 2.28. The van der Waals surface area contributed by atoms with Gasteiger partial charge in [-0.05, 0) is 36.4 Å². The maximum atomic E-state index is 6.23. The number of benzene rings is 2. The summed E-state index contributed by atoms with van der Waals surface area (Å²) in [5.41, 5.74) is 8.00. The number of hydrogen-bond acceptors (Lipinski definition) is 2. The Labute approximate surface area is 132 Å². The molecular weight excluding hydrogens is 317 g/mol. The number of nitrogens with two attached hydrogens (primary N) is 1. The molecule has 2 aromatic rings. The van der Waals surface area contributed by atoms with Gasteiger partial charge in [-0.1, -0.05) is 34.8 Å². The Bertz CT molecular complexity index is 660. The van der Waals surface area contributed by atoms with E-state index >= 15 is 0 Å². The average Bonchev–Trinajstić information content (AvgIpc) is 2.42. The first-order valence-electron chi connectivity index (χ1n) is 6.21. The second kappa shape index (κ2) is 5.45. The highest BCUT2D eigenvalue weighted by Crippen LogP contribution is 2.42. The van der Waals surface area contributed by atoms with Gasteiger partial charge < -0.3 is 10.5 Å². The van der Waals surface area contributed by atoms with Crippen LogP contribution in [0.1, 0.15) is 29.7 Å². The van der Waals surface area contributed by atoms with E-state index in [9.17, 15) is 0 Å². The van der Waals surface area contributed by atoms with E-state index in [1.54, 1.807) is 18.2 Å². The molecule has 2 N–H and O–H groups in total. The zero-order chi connectivity index (χ0) is 14.3. The van der Waals surface area contributed by atoms with Crippen molar-refractivity contribution in [2.75, 3.05) is 0 Å². The second-order valence-corrected chi connectivity index (χ2v) is 6.08. The second-order valence-electron chi connectivity index (χ2n) is 4.80. The Kier molecular flexibility index (Phi) is 3.83. The highest BCUT2D eigenvalue weighted by atomic mass is 35.5. The van der Waals surface area contributed by atoms with E-state index in [1.807, 2.05) is 18.2 Å². The Hall–Kier alpha value is -0.930. The van der Waals surface area contributed by atoms with E-state index in [0.29, 0.717) is 21.5 Å². The fourth-order valence-corrected chi connectivity index (χ4v) is 3.03. The zero-order valence-electron chi connectivity index (χ0n) is 10.4. The number of fused-ring (bicyclic) bond motifs is 1. The smallest absolute Gasteiger partial charge is 0.127 e. The van der Waals surface area contributed by atoms with Crippen LogP contribution in [0.2, 0.25) is 15.1 Å². The van der Waals surface area contributed by atoms with Gasteiger partial charge in [0.2, 0.25) is 0 Å². The summed E-state index contributed by atoms with van der Waals surface area (Å²) in [4.78, 5) is 0. The number of hydrogen-bond donors (Lipinski definition) is 1. The van der Waals surface area contributed by atoms with Crippen LogP contribution in [0.4, 0.5) is 0 Å². The lowest BCUT2D eigenvalue weighted by molar-refractivity contribution is 0.161. The van der Waals surface area contributed by atoms with E-state index in [1.165, 1.54) is 0 Å². The summed E-state index contributed by atoms with van der Waals surface area (Å²) in [5, 5.41) is 1.91. The van der Waals surface area contributed by atoms with Crippen molar-refractivity contribution in [2.45, 2.75) is 18.6 Å². The molecule has 104 valence electrons. The highest BCUT2D eigenvalue weighted by molar-refractivity contribution is 6.33. The maximum absolute atomic E-state index is 6.23. The summed E-state index contributed by atoms with van der Waals surface area (Å²) in [5.74, 6) is 0.745. The Morgan fingerprint density at radius 1 is 0.950 bits per heavy atom. The van der Waals surface area contributed by atoms with Gasteiger partial charge in [0.05, 0.1) is 0 Å². The molecule has 0 saturated carbocycles. The van der Waals surface area contributed by atoms with Crippen LogP contribution >= 0.6 is 34.8 Å². The lowest BCUT2D eigenvalue weighted by Crippen LogP contribution is -2.24. The van der Waals surface area contributed by atoms with Crippen LogP contribution in [0.15, 0.2) is 36.4 Å². The van der Waals surface area contributed by atoms with Gasteiger partial charge in [0.25, 0.3) is 0 Å². The molecule has 20 heavy (non-hydrogen) atoms. The standard InChI is InChI=1S/C15H12Cl3NO/c16-8-1-3-12(18)10(5-8)15-7-13(19)11-6-9(17)2-4-14(11)20-15/h1-6,13,15H,7,19H2/t13-,15?/m0/s1. The molecule has 1 heterocycles. The van der Waals surface area contributed by atoms with Gasteiger partial charge in [0, 0.05) is 38.7 Å². The number of ether oxygens (including phenoxy) is 1. The molecule has 2 nitrogen and oxygen atoms in total. The first kappa shape index (κ1) is 14.0. The van der Waals surface area contributed by atoms with Crippen LogP contribution in [0.25, 0.3) is 0 Å². The minimum Gasteiger partial charge on any atom is -0.485 e. The van der Waals surface area contributed by atoms with Crippen LogP contribution in [0.3, 0.4) is 0 Å². The minimum atomic E-state index is -0.204. The third kappa shape index (κ3) is 2.61. The average molecular weight is 329 g/mol. The lowest BCUT2D eigenvalue weighted by Gasteiger charge is -2.31. The van der Waals surface area contributed by atoms with Gasteiger partial charge in [0.1, 0.15) is 11.9 Å². The summed E-state index contributed by atoms with van der Waals surface area (Å²) >= 11 is 18.3. The van der Waals surface area contributed by atoms with Crippen molar-refractivity contribution < 1.29 is 4.74 Å². The molecule has 5 heteroatoms. The predicted octanol–water partition coefficient (Wildman–Crippen LogP) is 5.17. The van der Waals surface area contributed by atoms with Gasteiger partial charge in [-0.25, -0.2) is 0 Å². The molecule has 0 saturated heterocycles. The van der Waals surface area contributed by atoms with E-state index in [2.05, 4.69) is 0 Å².